The van der Waals surface area contributed by atoms with Crippen LogP contribution in [0.5, 0.6) is 0 Å². The summed E-state index contributed by atoms with van der Waals surface area (Å²) in [4.78, 5) is 19.8. The van der Waals surface area contributed by atoms with Gasteiger partial charge in [0.25, 0.3) is 0 Å². The molecule has 3 heterocycles. The number of alkyl halides is 3. The molecular weight excluding hydrogens is 377 g/mol. The van der Waals surface area contributed by atoms with Crippen LogP contribution < -0.4 is 5.32 Å². The van der Waals surface area contributed by atoms with E-state index in [4.69, 9.17) is 0 Å². The molecule has 10 heteroatoms. The number of likely N-dealkylation sites (tertiary alicyclic amines) is 1. The highest BCUT2D eigenvalue weighted by Gasteiger charge is 2.34. The van der Waals surface area contributed by atoms with Gasteiger partial charge in [-0.2, -0.15) is 13.2 Å². The molecule has 1 unspecified atom stereocenters. The van der Waals surface area contributed by atoms with E-state index in [2.05, 4.69) is 10.3 Å². The lowest BCUT2D eigenvalue weighted by Gasteiger charge is -2.36. The van der Waals surface area contributed by atoms with E-state index in [0.29, 0.717) is 29.4 Å². The molecule has 142 valence electrons. The van der Waals surface area contributed by atoms with E-state index in [9.17, 15) is 18.0 Å². The Morgan fingerprint density at radius 2 is 2.04 bits per heavy atom. The summed E-state index contributed by atoms with van der Waals surface area (Å²) in [6.45, 7) is 4.89. The van der Waals surface area contributed by atoms with Crippen LogP contribution in [0.4, 0.5) is 13.2 Å². The van der Waals surface area contributed by atoms with Crippen molar-refractivity contribution < 1.29 is 18.0 Å². The average molecular weight is 399 g/mol. The molecule has 0 aliphatic carbocycles. The monoisotopic (exact) mass is 398 g/mol. The molecule has 2 aliphatic heterocycles. The van der Waals surface area contributed by atoms with E-state index in [1.807, 2.05) is 9.80 Å². The summed E-state index contributed by atoms with van der Waals surface area (Å²) in [5.41, 5.74) is 0. The van der Waals surface area contributed by atoms with Gasteiger partial charge in [-0.05, 0) is 19.4 Å². The first-order valence-electron chi connectivity index (χ1n) is 8.17. The van der Waals surface area contributed by atoms with Crippen LogP contribution in [-0.4, -0.2) is 60.0 Å². The first kappa shape index (κ1) is 20.4. The number of piperazine rings is 1. The predicted octanol–water partition coefficient (Wildman–Crippen LogP) is 2.23. The summed E-state index contributed by atoms with van der Waals surface area (Å²) >= 11 is 0.690. The number of rotatable bonds is 3. The highest BCUT2D eigenvalue weighted by molar-refractivity contribution is 7.11. The molecule has 3 rings (SSSR count). The molecule has 0 bridgehead atoms. The van der Waals surface area contributed by atoms with E-state index in [-0.39, 0.29) is 24.2 Å². The molecule has 1 aromatic heterocycles. The van der Waals surface area contributed by atoms with E-state index >= 15 is 0 Å². The van der Waals surface area contributed by atoms with Gasteiger partial charge in [-0.25, -0.2) is 4.98 Å². The van der Waals surface area contributed by atoms with Gasteiger partial charge in [-0.1, -0.05) is 0 Å². The minimum absolute atomic E-state index is 0. The zero-order chi connectivity index (χ0) is 17.2. The molecule has 25 heavy (non-hydrogen) atoms. The van der Waals surface area contributed by atoms with Gasteiger partial charge < -0.3 is 10.2 Å². The Kier molecular flexibility index (Phi) is 7.07. The maximum atomic E-state index is 12.7. The SMILES string of the molecule is Cl.O=C(C1CCCN(Cc2ncc(C(F)(F)F)s2)C1)N1CCNCC1. The molecule has 0 spiro atoms. The molecule has 0 radical (unpaired) electrons. The van der Waals surface area contributed by atoms with Crippen LogP contribution in [0, 0.1) is 5.92 Å². The number of nitrogens with zero attached hydrogens (tertiary/aromatic N) is 3. The second kappa shape index (κ2) is 8.66. The van der Waals surface area contributed by atoms with Crippen LogP contribution in [0.15, 0.2) is 6.20 Å². The smallest absolute Gasteiger partial charge is 0.340 e. The highest BCUT2D eigenvalue weighted by atomic mass is 35.5. The normalized spacial score (nSPS) is 22.5. The van der Waals surface area contributed by atoms with Crippen molar-refractivity contribution in [3.63, 3.8) is 0 Å². The van der Waals surface area contributed by atoms with Crippen LogP contribution >= 0.6 is 23.7 Å². The summed E-state index contributed by atoms with van der Waals surface area (Å²) in [6.07, 6.45) is -1.70. The second-order valence-electron chi connectivity index (χ2n) is 6.27. The molecule has 1 aromatic rings. The zero-order valence-electron chi connectivity index (χ0n) is 13.7. The zero-order valence-corrected chi connectivity index (χ0v) is 15.4. The van der Waals surface area contributed by atoms with Crippen molar-refractivity contribution in [1.82, 2.24) is 20.1 Å². The maximum Gasteiger partial charge on any atom is 0.427 e. The number of hydrogen-bond acceptors (Lipinski definition) is 5. The number of carbonyl (C=O) groups is 1. The van der Waals surface area contributed by atoms with Gasteiger partial charge in [0, 0.05) is 32.7 Å². The third-order valence-electron chi connectivity index (χ3n) is 4.48. The van der Waals surface area contributed by atoms with Crippen molar-refractivity contribution in [2.45, 2.75) is 25.6 Å². The fraction of sp³-hybridized carbons (Fsp3) is 0.733. The van der Waals surface area contributed by atoms with Gasteiger partial charge in [-0.3, -0.25) is 9.69 Å². The van der Waals surface area contributed by atoms with Gasteiger partial charge in [0.05, 0.1) is 18.7 Å². The molecule has 5 nitrogen and oxygen atoms in total. The molecule has 2 aliphatic rings. The van der Waals surface area contributed by atoms with Gasteiger partial charge in [0.2, 0.25) is 5.91 Å². The van der Waals surface area contributed by atoms with Gasteiger partial charge in [0.1, 0.15) is 9.88 Å². The minimum atomic E-state index is -4.33. The van der Waals surface area contributed by atoms with E-state index in [1.54, 1.807) is 0 Å². The fourth-order valence-corrected chi connectivity index (χ4v) is 4.08. The Bertz CT molecular complexity index is 577. The first-order chi connectivity index (χ1) is 11.4. The molecule has 1 amide bonds. The number of hydrogen-bond donors (Lipinski definition) is 1. The minimum Gasteiger partial charge on any atom is -0.340 e. The van der Waals surface area contributed by atoms with Crippen LogP contribution in [0.2, 0.25) is 0 Å². The molecule has 0 saturated carbocycles. The molecule has 0 aromatic carbocycles. The number of aromatic nitrogens is 1. The third kappa shape index (κ3) is 5.29. The van der Waals surface area contributed by atoms with Crippen molar-refractivity contribution in [3.05, 3.63) is 16.1 Å². The summed E-state index contributed by atoms with van der Waals surface area (Å²) in [5, 5.41) is 3.68. The summed E-state index contributed by atoms with van der Waals surface area (Å²) < 4.78 is 38.0. The van der Waals surface area contributed by atoms with Crippen LogP contribution in [0.1, 0.15) is 22.7 Å². The standard InChI is InChI=1S/C15H21F3N4OS.ClH/c16-15(17,18)12-8-20-13(24-12)10-21-5-1-2-11(9-21)14(23)22-6-3-19-4-7-22;/h8,11,19H,1-7,9-10H2;1H. The summed E-state index contributed by atoms with van der Waals surface area (Å²) in [5.74, 6) is 0.121. The molecule has 1 N–H and O–H groups in total. The lowest BCUT2D eigenvalue weighted by molar-refractivity contribution is -0.138. The molecule has 2 saturated heterocycles. The number of amides is 1. The lowest BCUT2D eigenvalue weighted by atomic mass is 9.96. The Labute approximate surface area is 155 Å². The van der Waals surface area contributed by atoms with Gasteiger partial charge >= 0.3 is 6.18 Å². The van der Waals surface area contributed by atoms with E-state index in [1.165, 1.54) is 0 Å². The number of piperidine rings is 1. The summed E-state index contributed by atoms with van der Waals surface area (Å²) in [7, 11) is 0. The van der Waals surface area contributed by atoms with Crippen molar-refractivity contribution in [3.8, 4) is 0 Å². The third-order valence-corrected chi connectivity index (χ3v) is 5.50. The Morgan fingerprint density at radius 3 is 2.68 bits per heavy atom. The maximum absolute atomic E-state index is 12.7. The molecule has 1 atom stereocenters. The van der Waals surface area contributed by atoms with E-state index in [0.717, 1.165) is 51.8 Å². The Balaban J connectivity index is 0.00000225. The molecular formula is C15H22ClF3N4OS. The predicted molar refractivity (Wildman–Crippen MR) is 91.8 cm³/mol. The van der Waals surface area contributed by atoms with Crippen molar-refractivity contribution in [2.24, 2.45) is 5.92 Å². The number of halogens is 4. The first-order valence-corrected chi connectivity index (χ1v) is 8.99. The Morgan fingerprint density at radius 1 is 1.32 bits per heavy atom. The number of nitrogens with one attached hydrogen (secondary N) is 1. The van der Waals surface area contributed by atoms with Gasteiger partial charge in [-0.15, -0.1) is 23.7 Å². The second-order valence-corrected chi connectivity index (χ2v) is 7.38. The van der Waals surface area contributed by atoms with E-state index < -0.39 is 11.1 Å². The number of thiazole rings is 1. The Hall–Kier alpha value is -0.900. The van der Waals surface area contributed by atoms with Crippen molar-refractivity contribution >= 4 is 29.7 Å². The van der Waals surface area contributed by atoms with Crippen LogP contribution in [0.3, 0.4) is 0 Å². The number of carbonyl (C=O) groups excluding carboxylic acids is 1. The average Bonchev–Trinajstić information content (AvgIpc) is 3.04. The van der Waals surface area contributed by atoms with Crippen LogP contribution in [0.25, 0.3) is 0 Å². The van der Waals surface area contributed by atoms with Gasteiger partial charge in [0.15, 0.2) is 0 Å². The fourth-order valence-electron chi connectivity index (χ4n) is 3.25. The van der Waals surface area contributed by atoms with Crippen molar-refractivity contribution in [2.75, 3.05) is 39.3 Å². The quantitative estimate of drug-likeness (QED) is 0.848. The lowest BCUT2D eigenvalue weighted by Crippen LogP contribution is -2.51. The largest absolute Gasteiger partial charge is 0.427 e. The van der Waals surface area contributed by atoms with Crippen LogP contribution in [-0.2, 0) is 17.5 Å². The molecule has 2 fully saturated rings. The summed E-state index contributed by atoms with van der Waals surface area (Å²) in [6, 6.07) is 0. The van der Waals surface area contributed by atoms with Crippen molar-refractivity contribution in [1.29, 1.82) is 0 Å². The topological polar surface area (TPSA) is 48.5 Å². The highest BCUT2D eigenvalue weighted by Crippen LogP contribution is 2.34.